The first-order chi connectivity index (χ1) is 44.6. The van der Waals surface area contributed by atoms with Crippen molar-refractivity contribution < 1.29 is 80.2 Å². The van der Waals surface area contributed by atoms with Gasteiger partial charge in [0.15, 0.2) is 12.2 Å². The molecule has 0 aliphatic heterocycles. The van der Waals surface area contributed by atoms with E-state index in [4.69, 9.17) is 37.0 Å². The molecule has 0 saturated heterocycles. The van der Waals surface area contributed by atoms with Gasteiger partial charge >= 0.3 is 39.5 Å². The first-order valence-electron chi connectivity index (χ1n) is 38.2. The van der Waals surface area contributed by atoms with Gasteiger partial charge in [-0.1, -0.05) is 319 Å². The lowest BCUT2D eigenvalue weighted by atomic mass is 10.0. The molecule has 3 N–H and O–H groups in total. The number of carbonyl (C=O) groups excluding carboxylic acids is 4. The van der Waals surface area contributed by atoms with Gasteiger partial charge in [0.05, 0.1) is 26.4 Å². The van der Waals surface area contributed by atoms with Crippen molar-refractivity contribution in [1.29, 1.82) is 0 Å². The van der Waals surface area contributed by atoms with Crippen molar-refractivity contribution in [2.45, 2.75) is 388 Å². The van der Waals surface area contributed by atoms with Gasteiger partial charge in [0, 0.05) is 25.7 Å². The number of phosphoric acid groups is 2. The fourth-order valence-corrected chi connectivity index (χ4v) is 12.8. The van der Waals surface area contributed by atoms with Gasteiger partial charge in [-0.25, -0.2) is 9.13 Å². The Kier molecular flexibility index (Phi) is 62.2. The molecule has 0 aromatic carbocycles. The lowest BCUT2D eigenvalue weighted by Crippen LogP contribution is -2.30. The molecule has 0 aromatic rings. The molecule has 19 heteroatoms. The topological polar surface area (TPSA) is 237 Å². The number of hydrogen-bond donors (Lipinski definition) is 3. The Morgan fingerprint density at radius 2 is 0.452 bits per heavy atom. The van der Waals surface area contributed by atoms with E-state index in [0.29, 0.717) is 25.7 Å². The summed E-state index contributed by atoms with van der Waals surface area (Å²) in [5.74, 6) is 0.900. The minimum absolute atomic E-state index is 0.105. The zero-order chi connectivity index (χ0) is 68.9. The number of carbonyl (C=O) groups is 4. The highest BCUT2D eigenvalue weighted by Gasteiger charge is 2.30. The number of phosphoric ester groups is 2. The highest BCUT2D eigenvalue weighted by atomic mass is 31.2. The SMILES string of the molecule is CC(C)CCCCCCCCCCCCCCCC(=O)O[C@H](COC(=O)CCCCCCCCCCCCC(C)C)COP(=O)(O)OCC(O)COP(=O)(O)OC[C@@H](COC(=O)CCCCCCCCCCC(C)C)OC(=O)CCCCCCCCCCCCC(C)C. The van der Waals surface area contributed by atoms with Crippen molar-refractivity contribution in [2.75, 3.05) is 39.6 Å². The Morgan fingerprint density at radius 3 is 0.667 bits per heavy atom. The fourth-order valence-electron chi connectivity index (χ4n) is 11.2. The van der Waals surface area contributed by atoms with Gasteiger partial charge in [0.25, 0.3) is 0 Å². The third kappa shape index (κ3) is 68.4. The molecule has 0 aliphatic carbocycles. The van der Waals surface area contributed by atoms with Gasteiger partial charge in [-0.3, -0.25) is 37.3 Å². The van der Waals surface area contributed by atoms with Crippen LogP contribution >= 0.6 is 15.6 Å². The van der Waals surface area contributed by atoms with Crippen LogP contribution in [0.1, 0.15) is 370 Å². The van der Waals surface area contributed by atoms with Crippen molar-refractivity contribution in [3.8, 4) is 0 Å². The molecule has 0 aliphatic rings. The second-order valence-electron chi connectivity index (χ2n) is 28.6. The van der Waals surface area contributed by atoms with E-state index >= 15 is 0 Å². The van der Waals surface area contributed by atoms with Crippen LogP contribution in [0, 0.1) is 23.7 Å². The molecule has 0 spiro atoms. The average molecular weight is 1370 g/mol. The lowest BCUT2D eigenvalue weighted by molar-refractivity contribution is -0.161. The number of rotatable bonds is 71. The molecule has 17 nitrogen and oxygen atoms in total. The van der Waals surface area contributed by atoms with E-state index in [2.05, 4.69) is 55.4 Å². The Bertz CT molecular complexity index is 1830. The second kappa shape index (κ2) is 63.5. The highest BCUT2D eigenvalue weighted by molar-refractivity contribution is 7.47. The molecule has 0 fully saturated rings. The molecule has 0 heterocycles. The predicted molar refractivity (Wildman–Crippen MR) is 377 cm³/mol. The van der Waals surface area contributed by atoms with Gasteiger partial charge in [0.1, 0.15) is 19.3 Å². The Balaban J connectivity index is 5.27. The summed E-state index contributed by atoms with van der Waals surface area (Å²) in [4.78, 5) is 72.7. The maximum Gasteiger partial charge on any atom is 0.472 e. The van der Waals surface area contributed by atoms with E-state index in [1.165, 1.54) is 173 Å². The van der Waals surface area contributed by atoms with Crippen LogP contribution < -0.4 is 0 Å². The Morgan fingerprint density at radius 1 is 0.269 bits per heavy atom. The van der Waals surface area contributed by atoms with Crippen LogP contribution in [0.4, 0.5) is 0 Å². The lowest BCUT2D eigenvalue weighted by Gasteiger charge is -2.21. The van der Waals surface area contributed by atoms with E-state index in [-0.39, 0.29) is 25.7 Å². The number of aliphatic hydroxyl groups is 1. The molecule has 5 atom stereocenters. The average Bonchev–Trinajstić information content (AvgIpc) is 3.53. The van der Waals surface area contributed by atoms with Crippen LogP contribution in [-0.4, -0.2) is 96.7 Å². The third-order valence-corrected chi connectivity index (χ3v) is 19.0. The molecule has 0 amide bonds. The summed E-state index contributed by atoms with van der Waals surface area (Å²) in [6, 6.07) is 0. The van der Waals surface area contributed by atoms with Gasteiger partial charge in [-0.15, -0.1) is 0 Å². The van der Waals surface area contributed by atoms with Crippen LogP contribution in [-0.2, 0) is 65.4 Å². The summed E-state index contributed by atoms with van der Waals surface area (Å²) in [6.07, 6.45) is 47.2. The van der Waals surface area contributed by atoms with Gasteiger partial charge in [-0.05, 0) is 49.4 Å². The maximum absolute atomic E-state index is 13.1. The summed E-state index contributed by atoms with van der Waals surface area (Å²) in [6.45, 7) is 14.2. The summed E-state index contributed by atoms with van der Waals surface area (Å²) in [5.41, 5.74) is 0. The van der Waals surface area contributed by atoms with E-state index in [1.807, 2.05) is 0 Å². The maximum atomic E-state index is 13.1. The third-order valence-electron chi connectivity index (χ3n) is 17.1. The van der Waals surface area contributed by atoms with E-state index < -0.39 is 97.5 Å². The molecule has 0 bridgehead atoms. The van der Waals surface area contributed by atoms with Gasteiger partial charge in [0.2, 0.25) is 0 Å². The molecule has 0 aromatic heterocycles. The zero-order valence-corrected chi connectivity index (χ0v) is 62.7. The molecule has 552 valence electrons. The minimum atomic E-state index is -4.96. The molecule has 0 saturated carbocycles. The quantitative estimate of drug-likeness (QED) is 0.0222. The van der Waals surface area contributed by atoms with Crippen LogP contribution in [0.5, 0.6) is 0 Å². The fraction of sp³-hybridized carbons (Fsp3) is 0.946. The number of esters is 4. The number of aliphatic hydroxyl groups excluding tert-OH is 1. The zero-order valence-electron chi connectivity index (χ0n) is 60.9. The number of unbranched alkanes of at least 4 members (excludes halogenated alkanes) is 37. The minimum Gasteiger partial charge on any atom is -0.462 e. The summed E-state index contributed by atoms with van der Waals surface area (Å²) in [7, 11) is -9.91. The molecular formula is C74H144O17P2. The summed E-state index contributed by atoms with van der Waals surface area (Å²) < 4.78 is 68.5. The summed E-state index contributed by atoms with van der Waals surface area (Å²) in [5, 5.41) is 10.6. The first-order valence-corrected chi connectivity index (χ1v) is 41.2. The summed E-state index contributed by atoms with van der Waals surface area (Å²) >= 11 is 0. The normalized spacial score (nSPS) is 14.2. The molecule has 0 radical (unpaired) electrons. The van der Waals surface area contributed by atoms with Gasteiger partial charge < -0.3 is 33.8 Å². The number of hydrogen-bond acceptors (Lipinski definition) is 15. The molecule has 0 rings (SSSR count). The van der Waals surface area contributed by atoms with E-state index in [0.717, 1.165) is 114 Å². The van der Waals surface area contributed by atoms with Crippen LogP contribution in [0.2, 0.25) is 0 Å². The Labute approximate surface area is 568 Å². The monoisotopic (exact) mass is 1370 g/mol. The standard InChI is InChI=1S/C74H144O17P2/c1-64(2)50-42-34-26-18-12-10-9-11-13-22-32-40-48-56-73(78)90-69(60-84-71(76)54-46-38-30-21-16-14-19-27-35-43-51-65(3)4)62-88-92(80,81)86-58-68(75)59-87-93(82,83)89-63-70(61-85-72(77)55-47-39-31-25-24-29-37-45-53-67(7)8)91-74(79)57-49-41-33-23-17-15-20-28-36-44-52-66(5)6/h64-70,75H,9-63H2,1-8H3,(H,80,81)(H,82,83)/t68?,69-,70-/m1/s1. The smallest absolute Gasteiger partial charge is 0.462 e. The van der Waals surface area contributed by atoms with E-state index in [1.54, 1.807) is 0 Å². The van der Waals surface area contributed by atoms with Crippen molar-refractivity contribution in [3.63, 3.8) is 0 Å². The van der Waals surface area contributed by atoms with Crippen molar-refractivity contribution in [3.05, 3.63) is 0 Å². The predicted octanol–water partition coefficient (Wildman–Crippen LogP) is 21.3. The van der Waals surface area contributed by atoms with Crippen LogP contribution in [0.15, 0.2) is 0 Å². The van der Waals surface area contributed by atoms with Crippen LogP contribution in [0.25, 0.3) is 0 Å². The highest BCUT2D eigenvalue weighted by Crippen LogP contribution is 2.45. The molecular weight excluding hydrogens is 1220 g/mol. The largest absolute Gasteiger partial charge is 0.472 e. The molecule has 3 unspecified atom stereocenters. The van der Waals surface area contributed by atoms with Crippen molar-refractivity contribution in [2.24, 2.45) is 23.7 Å². The van der Waals surface area contributed by atoms with Crippen molar-refractivity contribution >= 4 is 39.5 Å². The van der Waals surface area contributed by atoms with Crippen molar-refractivity contribution in [1.82, 2.24) is 0 Å². The molecule has 93 heavy (non-hydrogen) atoms. The second-order valence-corrected chi connectivity index (χ2v) is 31.5. The number of ether oxygens (including phenoxy) is 4. The van der Waals surface area contributed by atoms with Crippen LogP contribution in [0.3, 0.4) is 0 Å². The Hall–Kier alpha value is -1.94. The van der Waals surface area contributed by atoms with Gasteiger partial charge in [-0.2, -0.15) is 0 Å². The first kappa shape index (κ1) is 91.1. The van der Waals surface area contributed by atoms with E-state index in [9.17, 15) is 43.2 Å².